The second-order valence-electron chi connectivity index (χ2n) is 3.70. The quantitative estimate of drug-likeness (QED) is 0.596. The first-order valence-electron chi connectivity index (χ1n) is 5.00. The number of methoxy groups -OCH3 is 1. The average Bonchev–Trinajstić information content (AvgIpc) is 2.31. The molecule has 2 fully saturated rings. The van der Waals surface area contributed by atoms with Crippen molar-refractivity contribution in [2.75, 3.05) is 27.2 Å². The molecule has 0 aromatic carbocycles. The number of fused-ring (bicyclic) bond motifs is 1. The third-order valence-electron chi connectivity index (χ3n) is 3.14. The Kier molecular flexibility index (Phi) is 3.13. The molecule has 12 heavy (non-hydrogen) atoms. The van der Waals surface area contributed by atoms with E-state index in [2.05, 4.69) is 11.9 Å². The lowest BCUT2D eigenvalue weighted by Gasteiger charge is -2.42. The minimum absolute atomic E-state index is 0.273. The zero-order chi connectivity index (χ0) is 9.19. The van der Waals surface area contributed by atoms with Gasteiger partial charge in [-0.1, -0.05) is 13.8 Å². The van der Waals surface area contributed by atoms with Crippen LogP contribution in [0.2, 0.25) is 0 Å². The van der Waals surface area contributed by atoms with Crippen molar-refractivity contribution in [3.05, 3.63) is 0 Å². The first-order valence-corrected chi connectivity index (χ1v) is 5.00. The highest BCUT2D eigenvalue weighted by Crippen LogP contribution is 2.46. The molecular weight excluding hydrogens is 150 g/mol. The number of hydrogen-bond acceptors (Lipinski definition) is 2. The molecule has 2 heteroatoms. The normalized spacial score (nSPS) is 39.5. The zero-order valence-corrected chi connectivity index (χ0v) is 8.76. The van der Waals surface area contributed by atoms with Crippen LogP contribution in [0, 0.1) is 5.92 Å². The van der Waals surface area contributed by atoms with E-state index in [-0.39, 0.29) is 5.60 Å². The number of ether oxygens (including phenoxy) is 1. The molecule has 0 radical (unpaired) electrons. The van der Waals surface area contributed by atoms with E-state index < -0.39 is 0 Å². The van der Waals surface area contributed by atoms with Gasteiger partial charge in [0.25, 0.3) is 0 Å². The van der Waals surface area contributed by atoms with E-state index in [0.29, 0.717) is 0 Å². The van der Waals surface area contributed by atoms with Gasteiger partial charge in [0.1, 0.15) is 0 Å². The lowest BCUT2D eigenvalue weighted by molar-refractivity contribution is -0.0932. The van der Waals surface area contributed by atoms with Crippen molar-refractivity contribution in [2.24, 2.45) is 5.92 Å². The highest BCUT2D eigenvalue weighted by molar-refractivity contribution is 5.05. The molecule has 0 N–H and O–H groups in total. The first-order chi connectivity index (χ1) is 5.77. The van der Waals surface area contributed by atoms with Crippen LogP contribution in [0.1, 0.15) is 26.7 Å². The summed E-state index contributed by atoms with van der Waals surface area (Å²) in [7, 11) is 4.03. The van der Waals surface area contributed by atoms with Crippen LogP contribution in [-0.4, -0.2) is 37.7 Å². The molecular formula is C10H21NO. The summed E-state index contributed by atoms with van der Waals surface area (Å²) in [5.74, 6) is 0.836. The molecule has 1 saturated carbocycles. The van der Waals surface area contributed by atoms with Crippen molar-refractivity contribution in [3.8, 4) is 0 Å². The molecule has 0 aromatic rings. The van der Waals surface area contributed by atoms with Crippen molar-refractivity contribution in [3.63, 3.8) is 0 Å². The molecule has 72 valence electrons. The van der Waals surface area contributed by atoms with Crippen molar-refractivity contribution >= 4 is 0 Å². The fraction of sp³-hybridized carbons (Fsp3) is 1.00. The molecule has 1 heterocycles. The van der Waals surface area contributed by atoms with Gasteiger partial charge in [0.2, 0.25) is 0 Å². The molecule has 0 spiro atoms. The van der Waals surface area contributed by atoms with Gasteiger partial charge in [-0.05, 0) is 19.9 Å². The van der Waals surface area contributed by atoms with Gasteiger partial charge in [-0.15, -0.1) is 0 Å². The first kappa shape index (κ1) is 10.0. The zero-order valence-electron chi connectivity index (χ0n) is 8.76. The summed E-state index contributed by atoms with van der Waals surface area (Å²) >= 11 is 0. The van der Waals surface area contributed by atoms with E-state index in [1.807, 2.05) is 21.0 Å². The standard InChI is InChI=1S/C8H15NO.C2H6/c1-9-5-7-3-4-8(7,6-9)10-2;1-2/h7H,3-6H2,1-2H3;1-2H3. The van der Waals surface area contributed by atoms with Crippen LogP contribution in [-0.2, 0) is 4.74 Å². The Labute approximate surface area is 75.9 Å². The summed E-state index contributed by atoms with van der Waals surface area (Å²) in [5.41, 5.74) is 0.273. The molecule has 0 bridgehead atoms. The molecule has 1 saturated heterocycles. The summed E-state index contributed by atoms with van der Waals surface area (Å²) < 4.78 is 5.53. The highest BCUT2D eigenvalue weighted by atomic mass is 16.5. The van der Waals surface area contributed by atoms with Gasteiger partial charge in [0.15, 0.2) is 0 Å². The second-order valence-corrected chi connectivity index (χ2v) is 3.70. The topological polar surface area (TPSA) is 12.5 Å². The van der Waals surface area contributed by atoms with Crippen molar-refractivity contribution in [1.82, 2.24) is 4.90 Å². The average molecular weight is 171 g/mol. The third kappa shape index (κ3) is 1.38. The van der Waals surface area contributed by atoms with E-state index in [9.17, 15) is 0 Å². The lowest BCUT2D eigenvalue weighted by Crippen LogP contribution is -2.48. The molecule has 0 amide bonds. The third-order valence-corrected chi connectivity index (χ3v) is 3.14. The maximum atomic E-state index is 5.53. The molecule has 2 unspecified atom stereocenters. The van der Waals surface area contributed by atoms with Crippen LogP contribution in [0.15, 0.2) is 0 Å². The lowest BCUT2D eigenvalue weighted by atomic mass is 9.72. The second kappa shape index (κ2) is 3.75. The van der Waals surface area contributed by atoms with Crippen LogP contribution >= 0.6 is 0 Å². The summed E-state index contributed by atoms with van der Waals surface area (Å²) in [6, 6.07) is 0. The predicted octanol–water partition coefficient (Wildman–Crippen LogP) is 1.75. The number of likely N-dealkylation sites (tertiary alicyclic amines) is 1. The van der Waals surface area contributed by atoms with Crippen molar-refractivity contribution in [1.29, 1.82) is 0 Å². The van der Waals surface area contributed by atoms with Crippen LogP contribution in [0.5, 0.6) is 0 Å². The molecule has 1 aliphatic heterocycles. The monoisotopic (exact) mass is 171 g/mol. The van der Waals surface area contributed by atoms with Gasteiger partial charge < -0.3 is 9.64 Å². The predicted molar refractivity (Wildman–Crippen MR) is 51.3 cm³/mol. The maximum absolute atomic E-state index is 5.53. The van der Waals surface area contributed by atoms with Crippen molar-refractivity contribution < 1.29 is 4.74 Å². The Bertz CT molecular complexity index is 145. The summed E-state index contributed by atoms with van der Waals surface area (Å²) in [6.45, 7) is 6.39. The fourth-order valence-electron chi connectivity index (χ4n) is 2.37. The van der Waals surface area contributed by atoms with Gasteiger partial charge in [-0.2, -0.15) is 0 Å². The molecule has 1 aliphatic carbocycles. The van der Waals surface area contributed by atoms with Gasteiger partial charge in [0, 0.05) is 26.1 Å². The summed E-state index contributed by atoms with van der Waals surface area (Å²) in [6.07, 6.45) is 2.65. The summed E-state index contributed by atoms with van der Waals surface area (Å²) in [4.78, 5) is 2.38. The van der Waals surface area contributed by atoms with E-state index >= 15 is 0 Å². The Hall–Kier alpha value is -0.0800. The molecule has 2 aliphatic rings. The Morgan fingerprint density at radius 2 is 2.08 bits per heavy atom. The van der Waals surface area contributed by atoms with Gasteiger partial charge in [0.05, 0.1) is 5.60 Å². The molecule has 2 rings (SSSR count). The molecule has 2 atom stereocenters. The Morgan fingerprint density at radius 3 is 2.33 bits per heavy atom. The van der Waals surface area contributed by atoms with E-state index in [4.69, 9.17) is 4.74 Å². The smallest absolute Gasteiger partial charge is 0.0845 e. The van der Waals surface area contributed by atoms with E-state index in [1.54, 1.807) is 0 Å². The van der Waals surface area contributed by atoms with Crippen LogP contribution in [0.3, 0.4) is 0 Å². The van der Waals surface area contributed by atoms with Gasteiger partial charge >= 0.3 is 0 Å². The number of rotatable bonds is 1. The maximum Gasteiger partial charge on any atom is 0.0845 e. The van der Waals surface area contributed by atoms with Crippen LogP contribution in [0.25, 0.3) is 0 Å². The van der Waals surface area contributed by atoms with Crippen LogP contribution < -0.4 is 0 Å². The number of nitrogens with zero attached hydrogens (tertiary/aromatic N) is 1. The van der Waals surface area contributed by atoms with E-state index in [1.165, 1.54) is 19.4 Å². The minimum atomic E-state index is 0.273. The van der Waals surface area contributed by atoms with Crippen molar-refractivity contribution in [2.45, 2.75) is 32.3 Å². The Morgan fingerprint density at radius 1 is 1.42 bits per heavy atom. The molecule has 0 aromatic heterocycles. The minimum Gasteiger partial charge on any atom is -0.377 e. The van der Waals surface area contributed by atoms with E-state index in [0.717, 1.165) is 12.5 Å². The van der Waals surface area contributed by atoms with Gasteiger partial charge in [-0.25, -0.2) is 0 Å². The fourth-order valence-corrected chi connectivity index (χ4v) is 2.37. The number of hydrogen-bond donors (Lipinski definition) is 0. The molecule has 2 nitrogen and oxygen atoms in total. The van der Waals surface area contributed by atoms with Gasteiger partial charge in [-0.3, -0.25) is 0 Å². The summed E-state index contributed by atoms with van der Waals surface area (Å²) in [5, 5.41) is 0. The van der Waals surface area contributed by atoms with Crippen LogP contribution in [0.4, 0.5) is 0 Å². The highest BCUT2D eigenvalue weighted by Gasteiger charge is 2.52. The SMILES string of the molecule is CC.COC12CCC1CN(C)C2. The Balaban J connectivity index is 0.000000336. The largest absolute Gasteiger partial charge is 0.377 e. The number of likely N-dealkylation sites (N-methyl/N-ethyl adjacent to an activating group) is 1.